The Balaban J connectivity index is 1.57. The van der Waals surface area contributed by atoms with Crippen LogP contribution in [0.25, 0.3) is 0 Å². The molecule has 35 heavy (non-hydrogen) atoms. The summed E-state index contributed by atoms with van der Waals surface area (Å²) in [6, 6.07) is 18.5. The molecular weight excluding hydrogens is 453 g/mol. The minimum Gasteiger partial charge on any atom is -0.497 e. The van der Waals surface area contributed by atoms with Gasteiger partial charge in [0, 0.05) is 17.8 Å². The number of methoxy groups -OCH3 is 1. The summed E-state index contributed by atoms with van der Waals surface area (Å²) in [7, 11) is 1.63. The van der Waals surface area contributed by atoms with Crippen LogP contribution in [0.4, 0.5) is 19.1 Å². The molecule has 2 heterocycles. The van der Waals surface area contributed by atoms with Crippen LogP contribution in [0.15, 0.2) is 73.1 Å². The second-order valence-corrected chi connectivity index (χ2v) is 8.93. The highest BCUT2D eigenvalue weighted by molar-refractivity contribution is 5.51. The number of alkyl halides is 3. The molecule has 2 aromatic carbocycles. The summed E-state index contributed by atoms with van der Waals surface area (Å²) in [5.74, 6) is 1.17. The molecule has 0 saturated heterocycles. The summed E-state index contributed by atoms with van der Waals surface area (Å²) in [6.45, 7) is 0.576. The molecule has 0 saturated carbocycles. The van der Waals surface area contributed by atoms with Gasteiger partial charge in [0.05, 0.1) is 19.3 Å². The van der Waals surface area contributed by atoms with E-state index in [0.717, 1.165) is 47.0 Å². The number of rotatable bonds is 6. The van der Waals surface area contributed by atoms with Crippen LogP contribution in [-0.4, -0.2) is 21.6 Å². The molecule has 0 amide bonds. The third-order valence-corrected chi connectivity index (χ3v) is 6.76. The zero-order valence-corrected chi connectivity index (χ0v) is 19.2. The van der Waals surface area contributed by atoms with E-state index in [-0.39, 0.29) is 0 Å². The average molecular weight is 479 g/mol. The Bertz CT molecular complexity index is 1330. The van der Waals surface area contributed by atoms with Crippen LogP contribution in [0, 0.1) is 0 Å². The van der Waals surface area contributed by atoms with E-state index in [0.29, 0.717) is 24.5 Å². The molecule has 5 rings (SSSR count). The highest BCUT2D eigenvalue weighted by Crippen LogP contribution is 2.47. The number of fused-ring (bicyclic) bond motifs is 1. The molecule has 1 unspecified atom stereocenters. The fraction of sp³-hybridized carbons (Fsp3) is 0.259. The van der Waals surface area contributed by atoms with Gasteiger partial charge in [0.1, 0.15) is 11.4 Å². The van der Waals surface area contributed by atoms with Gasteiger partial charge >= 0.3 is 6.18 Å². The number of nitrogens with zero attached hydrogens (tertiary/aromatic N) is 3. The summed E-state index contributed by atoms with van der Waals surface area (Å²) in [6.07, 6.45) is 0.816. The van der Waals surface area contributed by atoms with Crippen molar-refractivity contribution in [3.8, 4) is 5.75 Å². The van der Waals surface area contributed by atoms with E-state index in [4.69, 9.17) is 15.5 Å². The quantitative estimate of drug-likeness (QED) is 0.402. The van der Waals surface area contributed by atoms with Gasteiger partial charge in [0.2, 0.25) is 5.95 Å². The number of hydrogen-bond donors (Lipinski definition) is 1. The van der Waals surface area contributed by atoms with Gasteiger partial charge in [-0.1, -0.05) is 42.5 Å². The van der Waals surface area contributed by atoms with Crippen molar-refractivity contribution in [1.29, 1.82) is 0 Å². The molecule has 0 aliphatic heterocycles. The zero-order valence-electron chi connectivity index (χ0n) is 19.2. The van der Waals surface area contributed by atoms with Crippen LogP contribution in [0.2, 0.25) is 0 Å². The third-order valence-electron chi connectivity index (χ3n) is 6.76. The molecule has 0 radical (unpaired) electrons. The van der Waals surface area contributed by atoms with Crippen LogP contribution in [0.5, 0.6) is 5.75 Å². The van der Waals surface area contributed by atoms with E-state index in [1.165, 1.54) is 12.3 Å². The van der Waals surface area contributed by atoms with E-state index in [1.54, 1.807) is 7.11 Å². The van der Waals surface area contributed by atoms with Crippen molar-refractivity contribution in [2.24, 2.45) is 0 Å². The lowest BCUT2D eigenvalue weighted by molar-refractivity contribution is -0.141. The number of pyridine rings is 1. The number of anilines is 1. The molecule has 5 nitrogen and oxygen atoms in total. The van der Waals surface area contributed by atoms with Crippen molar-refractivity contribution in [3.63, 3.8) is 0 Å². The first-order valence-corrected chi connectivity index (χ1v) is 11.3. The molecule has 180 valence electrons. The lowest BCUT2D eigenvalue weighted by Gasteiger charge is -2.29. The van der Waals surface area contributed by atoms with Gasteiger partial charge in [0.15, 0.2) is 0 Å². The molecule has 1 atom stereocenters. The second kappa shape index (κ2) is 8.76. The second-order valence-electron chi connectivity index (χ2n) is 8.93. The first-order chi connectivity index (χ1) is 16.8. The normalized spacial score (nSPS) is 17.4. The Hall–Kier alpha value is -3.81. The number of aryl methyl sites for hydroxylation is 1. The Kier molecular flexibility index (Phi) is 5.75. The summed E-state index contributed by atoms with van der Waals surface area (Å²) in [5.41, 5.74) is 9.72. The van der Waals surface area contributed by atoms with Crippen molar-refractivity contribution in [1.82, 2.24) is 14.5 Å². The number of halogens is 3. The first-order valence-electron chi connectivity index (χ1n) is 11.3. The van der Waals surface area contributed by atoms with E-state index < -0.39 is 17.3 Å². The third kappa shape index (κ3) is 4.36. The van der Waals surface area contributed by atoms with E-state index in [1.807, 2.05) is 59.3 Å². The van der Waals surface area contributed by atoms with Crippen LogP contribution >= 0.6 is 0 Å². The maximum atomic E-state index is 13.1. The maximum absolute atomic E-state index is 13.1. The molecule has 2 aromatic heterocycles. The van der Waals surface area contributed by atoms with E-state index in [2.05, 4.69) is 4.98 Å². The number of hydrogen-bond acceptors (Lipinski definition) is 4. The minimum absolute atomic E-state index is 0.399. The lowest BCUT2D eigenvalue weighted by Crippen LogP contribution is -2.28. The number of nitrogens with two attached hydrogens (primary N) is 1. The van der Waals surface area contributed by atoms with E-state index >= 15 is 0 Å². The Labute approximate surface area is 201 Å². The summed E-state index contributed by atoms with van der Waals surface area (Å²) >= 11 is 0. The van der Waals surface area contributed by atoms with Gasteiger partial charge in [-0.25, -0.2) is 4.98 Å². The predicted molar refractivity (Wildman–Crippen MR) is 127 cm³/mol. The number of nitrogen functional groups attached to an aromatic ring is 1. The molecule has 0 fully saturated rings. The largest absolute Gasteiger partial charge is 0.497 e. The molecular formula is C27H25F3N4O. The molecule has 2 N–H and O–H groups in total. The lowest BCUT2D eigenvalue weighted by atomic mass is 9.74. The van der Waals surface area contributed by atoms with Gasteiger partial charge in [0.25, 0.3) is 0 Å². The fourth-order valence-electron chi connectivity index (χ4n) is 5.01. The van der Waals surface area contributed by atoms with Crippen molar-refractivity contribution in [3.05, 3.63) is 107 Å². The topological polar surface area (TPSA) is 66.0 Å². The highest BCUT2D eigenvalue weighted by Gasteiger charge is 2.43. The number of aromatic nitrogens is 3. The SMILES string of the molecule is COc1ccc2c(c1)CCC2(Cc1ccc(C(F)(F)F)nc1)c1cn(Cc2ccccc2)c(N)n1. The molecule has 0 bridgehead atoms. The summed E-state index contributed by atoms with van der Waals surface area (Å²) in [5, 5.41) is 0. The monoisotopic (exact) mass is 478 g/mol. The number of ether oxygens (including phenoxy) is 1. The summed E-state index contributed by atoms with van der Waals surface area (Å²) < 4.78 is 46.5. The van der Waals surface area contributed by atoms with Crippen LogP contribution in [0.3, 0.4) is 0 Å². The van der Waals surface area contributed by atoms with Gasteiger partial charge in [-0.15, -0.1) is 0 Å². The number of imidazole rings is 1. The molecule has 1 aliphatic carbocycles. The number of benzene rings is 2. The van der Waals surface area contributed by atoms with Gasteiger partial charge in [-0.05, 0) is 59.7 Å². The summed E-state index contributed by atoms with van der Waals surface area (Å²) in [4.78, 5) is 8.45. The molecule has 1 aliphatic rings. The predicted octanol–water partition coefficient (Wildman–Crippen LogP) is 5.41. The van der Waals surface area contributed by atoms with E-state index in [9.17, 15) is 13.2 Å². The zero-order chi connectivity index (χ0) is 24.6. The van der Waals surface area contributed by atoms with Crippen LogP contribution in [0.1, 0.15) is 40.1 Å². The first kappa shape index (κ1) is 23.0. The van der Waals surface area contributed by atoms with Crippen molar-refractivity contribution < 1.29 is 17.9 Å². The molecule has 0 spiro atoms. The van der Waals surface area contributed by atoms with Gasteiger partial charge in [-0.2, -0.15) is 13.2 Å². The maximum Gasteiger partial charge on any atom is 0.433 e. The van der Waals surface area contributed by atoms with Crippen molar-refractivity contribution >= 4 is 5.95 Å². The van der Waals surface area contributed by atoms with Crippen LogP contribution in [-0.2, 0) is 31.0 Å². The van der Waals surface area contributed by atoms with Gasteiger partial charge < -0.3 is 15.0 Å². The van der Waals surface area contributed by atoms with Crippen LogP contribution < -0.4 is 10.5 Å². The molecule has 4 aromatic rings. The fourth-order valence-corrected chi connectivity index (χ4v) is 5.01. The van der Waals surface area contributed by atoms with Crippen molar-refractivity contribution in [2.45, 2.75) is 37.4 Å². The smallest absolute Gasteiger partial charge is 0.433 e. The molecule has 8 heteroatoms. The standard InChI is InChI=1S/C27H25F3N4O/c1-35-21-8-9-22-20(13-21)11-12-26(22,14-19-7-10-23(32-15-19)27(28,29)30)24-17-34(25(31)33-24)16-18-5-3-2-4-6-18/h2-10,13,15,17H,11-12,14,16H2,1H3,(H2,31,33). The van der Waals surface area contributed by atoms with Crippen molar-refractivity contribution in [2.75, 3.05) is 12.8 Å². The Morgan fingerprint density at radius 1 is 1.06 bits per heavy atom. The highest BCUT2D eigenvalue weighted by atomic mass is 19.4. The van der Waals surface area contributed by atoms with Gasteiger partial charge in [-0.3, -0.25) is 4.98 Å². The Morgan fingerprint density at radius 2 is 1.86 bits per heavy atom. The Morgan fingerprint density at radius 3 is 2.54 bits per heavy atom. The minimum atomic E-state index is -4.47. The average Bonchev–Trinajstić information content (AvgIpc) is 3.40.